The number of carbonyl (C=O) groups is 2. The number of halogens is 4. The average molecular weight is 547 g/mol. The highest BCUT2D eigenvalue weighted by Crippen LogP contribution is 2.33. The number of aromatic nitrogens is 4. The third kappa shape index (κ3) is 4.99. The smallest absolute Gasteiger partial charge is 0.435 e. The standard InChI is InChI=1S/C25H22ClF3N6O3/c1-12(2)31-24(37)20-15-8-7-14(4)35(38)17(15)10-13(3)21(20)32-23(36)18-11-19(25(27,28)29)33-34(18)22-16(26)6-5-9-30-22/h5-12H,1-4H3,(H,31,37)(H,32,36). The SMILES string of the molecule is Cc1cc2c(ccc(C)[n+]2[O-])c(C(=O)NC(C)C)c1NC(=O)c1cc(C(F)(F)F)nn1-c1ncccc1Cl. The largest absolute Gasteiger partial charge is 0.618 e. The summed E-state index contributed by atoms with van der Waals surface area (Å²) in [5, 5.41) is 21.8. The van der Waals surface area contributed by atoms with E-state index in [-0.39, 0.29) is 39.0 Å². The Kier molecular flexibility index (Phi) is 7.02. The number of amides is 2. The van der Waals surface area contributed by atoms with Gasteiger partial charge in [0.1, 0.15) is 5.69 Å². The van der Waals surface area contributed by atoms with Crippen LogP contribution in [-0.2, 0) is 6.18 Å². The number of nitrogens with one attached hydrogen (secondary N) is 2. The lowest BCUT2D eigenvalue weighted by Gasteiger charge is -2.18. The van der Waals surface area contributed by atoms with Crippen LogP contribution in [0, 0.1) is 19.1 Å². The zero-order valence-electron chi connectivity index (χ0n) is 20.6. The molecular weight excluding hydrogens is 525 g/mol. The van der Waals surface area contributed by atoms with Crippen LogP contribution in [0.15, 0.2) is 42.6 Å². The third-order valence-electron chi connectivity index (χ3n) is 5.63. The zero-order valence-corrected chi connectivity index (χ0v) is 21.4. The van der Waals surface area contributed by atoms with E-state index >= 15 is 0 Å². The topological polar surface area (TPSA) is 116 Å². The van der Waals surface area contributed by atoms with Gasteiger partial charge >= 0.3 is 6.18 Å². The number of fused-ring (bicyclic) bond motifs is 1. The summed E-state index contributed by atoms with van der Waals surface area (Å²) in [4.78, 5) is 30.7. The van der Waals surface area contributed by atoms with Crippen LogP contribution in [0.2, 0.25) is 5.02 Å². The van der Waals surface area contributed by atoms with Crippen molar-refractivity contribution in [3.8, 4) is 5.82 Å². The molecule has 0 fully saturated rings. The number of aryl methyl sites for hydroxylation is 2. The molecule has 0 saturated heterocycles. The quantitative estimate of drug-likeness (QED) is 0.277. The van der Waals surface area contributed by atoms with E-state index in [1.807, 2.05) is 0 Å². The molecular formula is C25H22ClF3N6O3. The molecule has 2 amide bonds. The molecule has 0 atom stereocenters. The Balaban J connectivity index is 1.90. The second kappa shape index (κ2) is 9.93. The number of rotatable bonds is 5. The van der Waals surface area contributed by atoms with Gasteiger partial charge < -0.3 is 15.8 Å². The van der Waals surface area contributed by atoms with Crippen LogP contribution in [0.3, 0.4) is 0 Å². The summed E-state index contributed by atoms with van der Waals surface area (Å²) < 4.78 is 42.0. The van der Waals surface area contributed by atoms with Gasteiger partial charge in [0, 0.05) is 37.4 Å². The zero-order chi connectivity index (χ0) is 27.9. The Labute approximate surface area is 219 Å². The minimum atomic E-state index is -4.86. The van der Waals surface area contributed by atoms with Crippen molar-refractivity contribution in [2.24, 2.45) is 0 Å². The second-order valence-electron chi connectivity index (χ2n) is 8.86. The van der Waals surface area contributed by atoms with E-state index in [2.05, 4.69) is 20.7 Å². The molecule has 0 aliphatic carbocycles. The van der Waals surface area contributed by atoms with Crippen LogP contribution in [0.25, 0.3) is 16.7 Å². The molecule has 4 aromatic rings. The Morgan fingerprint density at radius 2 is 1.84 bits per heavy atom. The molecule has 198 valence electrons. The van der Waals surface area contributed by atoms with Gasteiger partial charge in [-0.3, -0.25) is 9.59 Å². The first-order valence-corrected chi connectivity index (χ1v) is 11.7. The Morgan fingerprint density at radius 3 is 2.47 bits per heavy atom. The van der Waals surface area contributed by atoms with E-state index < -0.39 is 29.4 Å². The van der Waals surface area contributed by atoms with E-state index in [1.165, 1.54) is 30.5 Å². The summed E-state index contributed by atoms with van der Waals surface area (Å²) in [7, 11) is 0. The molecule has 3 heterocycles. The minimum Gasteiger partial charge on any atom is -0.618 e. The van der Waals surface area contributed by atoms with Crippen LogP contribution < -0.4 is 15.4 Å². The van der Waals surface area contributed by atoms with Gasteiger partial charge in [-0.05, 0) is 44.5 Å². The highest BCUT2D eigenvalue weighted by atomic mass is 35.5. The summed E-state index contributed by atoms with van der Waals surface area (Å²) in [6, 6.07) is 7.74. The molecule has 0 radical (unpaired) electrons. The number of alkyl halides is 3. The lowest BCUT2D eigenvalue weighted by atomic mass is 10.00. The van der Waals surface area contributed by atoms with Crippen molar-refractivity contribution in [2.75, 3.05) is 5.32 Å². The molecule has 3 aromatic heterocycles. The van der Waals surface area contributed by atoms with E-state index in [4.69, 9.17) is 11.6 Å². The Bertz CT molecular complexity index is 1580. The maximum absolute atomic E-state index is 13.5. The molecule has 0 spiro atoms. The summed E-state index contributed by atoms with van der Waals surface area (Å²) in [5.74, 6) is -1.77. The third-order valence-corrected chi connectivity index (χ3v) is 5.93. The maximum atomic E-state index is 13.5. The summed E-state index contributed by atoms with van der Waals surface area (Å²) in [6.45, 7) is 6.64. The highest BCUT2D eigenvalue weighted by molar-refractivity contribution is 6.32. The Morgan fingerprint density at radius 1 is 1.13 bits per heavy atom. The molecule has 13 heteroatoms. The van der Waals surface area contributed by atoms with Crippen LogP contribution in [0.1, 0.15) is 51.6 Å². The number of nitrogens with zero attached hydrogens (tertiary/aromatic N) is 4. The molecule has 2 N–H and O–H groups in total. The van der Waals surface area contributed by atoms with Crippen LogP contribution in [0.5, 0.6) is 0 Å². The Hall–Kier alpha value is -4.19. The van der Waals surface area contributed by atoms with E-state index in [0.717, 1.165) is 0 Å². The predicted octanol–water partition coefficient (Wildman–Crippen LogP) is 4.73. The van der Waals surface area contributed by atoms with Gasteiger partial charge in [0.2, 0.25) is 5.52 Å². The minimum absolute atomic E-state index is 0.00960. The van der Waals surface area contributed by atoms with Crippen LogP contribution >= 0.6 is 11.6 Å². The van der Waals surface area contributed by atoms with Gasteiger partial charge in [0.25, 0.3) is 11.8 Å². The highest BCUT2D eigenvalue weighted by Gasteiger charge is 2.37. The molecule has 0 bridgehead atoms. The first-order valence-electron chi connectivity index (χ1n) is 11.4. The first-order chi connectivity index (χ1) is 17.8. The van der Waals surface area contributed by atoms with Gasteiger partial charge in [-0.25, -0.2) is 9.67 Å². The normalized spacial score (nSPS) is 11.7. The maximum Gasteiger partial charge on any atom is 0.435 e. The van der Waals surface area contributed by atoms with Crippen molar-refractivity contribution in [3.05, 3.63) is 81.0 Å². The molecule has 38 heavy (non-hydrogen) atoms. The molecule has 4 rings (SSSR count). The number of pyridine rings is 2. The van der Waals surface area contributed by atoms with Crippen LogP contribution in [-0.4, -0.2) is 32.6 Å². The average Bonchev–Trinajstić information content (AvgIpc) is 3.28. The number of hydrogen-bond acceptors (Lipinski definition) is 5. The van der Waals surface area contributed by atoms with Gasteiger partial charge in [0.05, 0.1) is 21.7 Å². The monoisotopic (exact) mass is 546 g/mol. The molecule has 0 aliphatic heterocycles. The van der Waals surface area contributed by atoms with Gasteiger partial charge in [-0.15, -0.1) is 0 Å². The van der Waals surface area contributed by atoms with E-state index in [0.29, 0.717) is 26.7 Å². The van der Waals surface area contributed by atoms with Gasteiger partial charge in [-0.1, -0.05) is 11.6 Å². The second-order valence-corrected chi connectivity index (χ2v) is 9.27. The van der Waals surface area contributed by atoms with Crippen molar-refractivity contribution in [2.45, 2.75) is 39.9 Å². The van der Waals surface area contributed by atoms with Crippen molar-refractivity contribution >= 4 is 40.0 Å². The summed E-state index contributed by atoms with van der Waals surface area (Å²) in [5.41, 5.74) is -0.912. The van der Waals surface area contributed by atoms with Gasteiger partial charge in [-0.2, -0.15) is 23.0 Å². The molecule has 0 unspecified atom stereocenters. The number of hydrogen-bond donors (Lipinski definition) is 2. The molecule has 0 saturated carbocycles. The van der Waals surface area contributed by atoms with Gasteiger partial charge in [0.15, 0.2) is 17.2 Å². The molecule has 0 aliphatic rings. The molecule has 1 aromatic carbocycles. The van der Waals surface area contributed by atoms with Crippen molar-refractivity contribution < 1.29 is 27.5 Å². The fourth-order valence-corrected chi connectivity index (χ4v) is 4.10. The predicted molar refractivity (Wildman–Crippen MR) is 134 cm³/mol. The first kappa shape index (κ1) is 26.9. The van der Waals surface area contributed by atoms with Crippen molar-refractivity contribution in [3.63, 3.8) is 0 Å². The number of benzene rings is 1. The van der Waals surface area contributed by atoms with E-state index in [1.54, 1.807) is 33.8 Å². The fraction of sp³-hybridized carbons (Fsp3) is 0.240. The van der Waals surface area contributed by atoms with Crippen molar-refractivity contribution in [1.29, 1.82) is 0 Å². The number of carbonyl (C=O) groups excluding carboxylic acids is 2. The molecule has 9 nitrogen and oxygen atoms in total. The number of anilines is 1. The van der Waals surface area contributed by atoms with Crippen LogP contribution in [0.4, 0.5) is 18.9 Å². The fourth-order valence-electron chi connectivity index (χ4n) is 3.90. The summed E-state index contributed by atoms with van der Waals surface area (Å²) >= 11 is 6.13. The summed E-state index contributed by atoms with van der Waals surface area (Å²) in [6.07, 6.45) is -3.57. The van der Waals surface area contributed by atoms with Crippen molar-refractivity contribution in [1.82, 2.24) is 20.1 Å². The van der Waals surface area contributed by atoms with E-state index in [9.17, 15) is 28.0 Å². The lowest BCUT2D eigenvalue weighted by molar-refractivity contribution is -0.584. The lowest BCUT2D eigenvalue weighted by Crippen LogP contribution is -2.34.